The van der Waals surface area contributed by atoms with Gasteiger partial charge in [-0.2, -0.15) is 9.98 Å². The molecule has 8 nitrogen and oxygen atoms in total. The Balaban J connectivity index is 4.55. The van der Waals surface area contributed by atoms with Gasteiger partial charge in [-0.3, -0.25) is 0 Å². The molecule has 0 aromatic carbocycles. The number of carbonyl (C=O) groups excluding carboxylic acids is 4. The lowest BCUT2D eigenvalue weighted by Gasteiger charge is -2.18. The van der Waals surface area contributed by atoms with E-state index in [1.807, 2.05) is 0 Å². The van der Waals surface area contributed by atoms with Crippen LogP contribution in [0, 0.1) is 0 Å². The van der Waals surface area contributed by atoms with Crippen molar-refractivity contribution in [1.29, 1.82) is 0 Å². The number of nitrogens with zero attached hydrogens (tertiary/aromatic N) is 4. The van der Waals surface area contributed by atoms with E-state index in [0.29, 0.717) is 25.8 Å². The summed E-state index contributed by atoms with van der Waals surface area (Å²) in [5.74, 6) is 0. The van der Waals surface area contributed by atoms with Crippen molar-refractivity contribution in [2.75, 3.05) is 13.1 Å². The van der Waals surface area contributed by atoms with Crippen LogP contribution >= 0.6 is 0 Å². The average molecular weight is 264 g/mol. The minimum atomic E-state index is -1.44. The van der Waals surface area contributed by atoms with E-state index in [2.05, 4.69) is 20.0 Å². The molecule has 0 radical (unpaired) electrons. The first kappa shape index (κ1) is 16.5. The molecule has 19 heavy (non-hydrogen) atoms. The summed E-state index contributed by atoms with van der Waals surface area (Å²) in [5.41, 5.74) is -1.44. The molecule has 0 aliphatic heterocycles. The summed E-state index contributed by atoms with van der Waals surface area (Å²) in [6, 6.07) is 0. The van der Waals surface area contributed by atoms with Crippen LogP contribution in [-0.4, -0.2) is 43.1 Å². The highest BCUT2D eigenvalue weighted by molar-refractivity contribution is 5.40. The highest BCUT2D eigenvalue weighted by atomic mass is 16.1. The molecule has 0 heterocycles. The van der Waals surface area contributed by atoms with Gasteiger partial charge in [-0.1, -0.05) is 6.42 Å². The molecule has 0 amide bonds. The Morgan fingerprint density at radius 2 is 1.37 bits per heavy atom. The summed E-state index contributed by atoms with van der Waals surface area (Å²) in [5, 5.41) is 0. The highest BCUT2D eigenvalue weighted by Crippen LogP contribution is 2.21. The standard InChI is InChI=1S/C11H12N4O4/c16-7-12-5-3-1-2-4-11(14-9-18,15-10-19)6-13-8-17/h1-6H2. The van der Waals surface area contributed by atoms with Gasteiger partial charge in [0.2, 0.25) is 24.3 Å². The van der Waals surface area contributed by atoms with Gasteiger partial charge >= 0.3 is 0 Å². The number of rotatable bonds is 10. The van der Waals surface area contributed by atoms with E-state index in [-0.39, 0.29) is 13.0 Å². The lowest BCUT2D eigenvalue weighted by molar-refractivity contribution is 0.397. The Hall–Kier alpha value is -2.48. The summed E-state index contributed by atoms with van der Waals surface area (Å²) < 4.78 is 0. The Labute approximate surface area is 109 Å². The second kappa shape index (κ2) is 10.7. The normalized spacial score (nSPS) is 11.8. The summed E-state index contributed by atoms with van der Waals surface area (Å²) in [7, 11) is 0. The SMILES string of the molecule is O=C=NCCCCCC(CN=C=O)(N=C=O)N=C=O. The van der Waals surface area contributed by atoms with E-state index < -0.39 is 5.66 Å². The van der Waals surface area contributed by atoms with Gasteiger partial charge in [0.1, 0.15) is 0 Å². The number of isocyanates is 4. The maximum atomic E-state index is 10.4. The Kier molecular flexibility index (Phi) is 9.27. The zero-order chi connectivity index (χ0) is 14.4. The lowest BCUT2D eigenvalue weighted by Crippen LogP contribution is -2.27. The van der Waals surface area contributed by atoms with Crippen LogP contribution in [0.2, 0.25) is 0 Å². The van der Waals surface area contributed by atoms with Gasteiger partial charge in [-0.15, -0.1) is 0 Å². The molecule has 0 rings (SSSR count). The van der Waals surface area contributed by atoms with E-state index in [9.17, 15) is 19.2 Å². The first-order valence-corrected chi connectivity index (χ1v) is 5.50. The van der Waals surface area contributed by atoms with Crippen molar-refractivity contribution >= 4 is 24.3 Å². The Morgan fingerprint density at radius 1 is 0.737 bits per heavy atom. The molecule has 0 aromatic rings. The molecular formula is C11H12N4O4. The molecule has 0 aromatic heterocycles. The second-order valence-electron chi connectivity index (χ2n) is 3.58. The van der Waals surface area contributed by atoms with Crippen LogP contribution in [0.5, 0.6) is 0 Å². The van der Waals surface area contributed by atoms with E-state index in [4.69, 9.17) is 0 Å². The van der Waals surface area contributed by atoms with E-state index in [0.717, 1.165) is 0 Å². The van der Waals surface area contributed by atoms with Crippen LogP contribution < -0.4 is 0 Å². The summed E-state index contributed by atoms with van der Waals surface area (Å²) in [6.45, 7) is 0.102. The van der Waals surface area contributed by atoms with Gasteiger partial charge < -0.3 is 0 Å². The van der Waals surface area contributed by atoms with Gasteiger partial charge in [0, 0.05) is 0 Å². The maximum absolute atomic E-state index is 10.4. The van der Waals surface area contributed by atoms with E-state index in [1.165, 1.54) is 24.3 Å². The van der Waals surface area contributed by atoms with Crippen LogP contribution in [0.15, 0.2) is 20.0 Å². The lowest BCUT2D eigenvalue weighted by atomic mass is 10.0. The minimum absolute atomic E-state index is 0.230. The third kappa shape index (κ3) is 7.45. The van der Waals surface area contributed by atoms with Crippen molar-refractivity contribution < 1.29 is 19.2 Å². The molecule has 0 N–H and O–H groups in total. The molecule has 0 unspecified atom stereocenters. The van der Waals surface area contributed by atoms with E-state index in [1.54, 1.807) is 0 Å². The smallest absolute Gasteiger partial charge is 0.211 e. The zero-order valence-corrected chi connectivity index (χ0v) is 10.2. The largest absolute Gasteiger partial charge is 0.237 e. The Bertz CT molecular complexity index is 447. The molecule has 8 heteroatoms. The van der Waals surface area contributed by atoms with Gasteiger partial charge in [-0.05, 0) is 19.3 Å². The summed E-state index contributed by atoms with van der Waals surface area (Å²) in [6.07, 6.45) is 7.44. The number of unbranched alkanes of at least 4 members (excludes halogenated alkanes) is 2. The molecule has 0 aliphatic rings. The molecule has 0 aliphatic carbocycles. The van der Waals surface area contributed by atoms with Crippen molar-refractivity contribution in [2.24, 2.45) is 20.0 Å². The predicted octanol–water partition coefficient (Wildman–Crippen LogP) is 0.586. The summed E-state index contributed by atoms with van der Waals surface area (Å²) >= 11 is 0. The first-order valence-electron chi connectivity index (χ1n) is 5.50. The molecule has 100 valence electrons. The van der Waals surface area contributed by atoms with Gasteiger partial charge in [0.15, 0.2) is 5.66 Å². The molecule has 0 bridgehead atoms. The van der Waals surface area contributed by atoms with Crippen LogP contribution in [0.4, 0.5) is 0 Å². The topological polar surface area (TPSA) is 118 Å². The van der Waals surface area contributed by atoms with Crippen molar-refractivity contribution in [2.45, 2.75) is 31.3 Å². The molecule has 0 saturated carbocycles. The monoisotopic (exact) mass is 264 g/mol. The van der Waals surface area contributed by atoms with Crippen LogP contribution in [0.1, 0.15) is 25.7 Å². The molecule has 0 fully saturated rings. The third-order valence-corrected chi connectivity index (χ3v) is 2.32. The minimum Gasteiger partial charge on any atom is -0.211 e. The van der Waals surface area contributed by atoms with Crippen molar-refractivity contribution in [3.63, 3.8) is 0 Å². The predicted molar refractivity (Wildman–Crippen MR) is 63.4 cm³/mol. The van der Waals surface area contributed by atoms with Crippen molar-refractivity contribution in [3.05, 3.63) is 0 Å². The third-order valence-electron chi connectivity index (χ3n) is 2.32. The second-order valence-corrected chi connectivity index (χ2v) is 3.58. The zero-order valence-electron chi connectivity index (χ0n) is 10.2. The summed E-state index contributed by atoms with van der Waals surface area (Å²) in [4.78, 5) is 54.1. The highest BCUT2D eigenvalue weighted by Gasteiger charge is 2.28. The van der Waals surface area contributed by atoms with Crippen LogP contribution in [0.3, 0.4) is 0 Å². The van der Waals surface area contributed by atoms with Crippen molar-refractivity contribution in [1.82, 2.24) is 0 Å². The van der Waals surface area contributed by atoms with Crippen LogP contribution in [-0.2, 0) is 19.2 Å². The quantitative estimate of drug-likeness (QED) is 0.326. The van der Waals surface area contributed by atoms with Crippen molar-refractivity contribution in [3.8, 4) is 0 Å². The average Bonchev–Trinajstić information content (AvgIpc) is 2.41. The first-order chi connectivity index (χ1) is 9.24. The fourth-order valence-corrected chi connectivity index (χ4v) is 1.44. The number of hydrogen-bond acceptors (Lipinski definition) is 8. The van der Waals surface area contributed by atoms with E-state index >= 15 is 0 Å². The molecule has 0 atom stereocenters. The molecular weight excluding hydrogens is 252 g/mol. The van der Waals surface area contributed by atoms with Gasteiger partial charge in [0.25, 0.3) is 0 Å². The van der Waals surface area contributed by atoms with Gasteiger partial charge in [0.05, 0.1) is 13.1 Å². The maximum Gasteiger partial charge on any atom is 0.237 e. The molecule has 0 spiro atoms. The van der Waals surface area contributed by atoms with Gasteiger partial charge in [-0.25, -0.2) is 29.2 Å². The fraction of sp³-hybridized carbons (Fsp3) is 0.636. The number of aliphatic imine (C=N–C) groups is 4. The van der Waals surface area contributed by atoms with Crippen LogP contribution in [0.25, 0.3) is 0 Å². The fourth-order valence-electron chi connectivity index (χ4n) is 1.44. The number of hydrogen-bond donors (Lipinski definition) is 0. The molecule has 0 saturated heterocycles. The Morgan fingerprint density at radius 3 is 1.89 bits per heavy atom.